The Labute approximate surface area is 183 Å². The van der Waals surface area contributed by atoms with Gasteiger partial charge in [-0.2, -0.15) is 13.2 Å². The summed E-state index contributed by atoms with van der Waals surface area (Å²) >= 11 is 0. The molecule has 0 saturated carbocycles. The van der Waals surface area contributed by atoms with E-state index >= 15 is 0 Å². The lowest BCUT2D eigenvalue weighted by Crippen LogP contribution is -2.58. The second-order valence-corrected chi connectivity index (χ2v) is 6.62. The van der Waals surface area contributed by atoms with Crippen LogP contribution in [0.2, 0.25) is 0 Å². The Morgan fingerprint density at radius 2 is 1.69 bits per heavy atom. The Morgan fingerprint density at radius 1 is 1.14 bits per heavy atom. The molecule has 1 amide bonds. The number of piperazine rings is 1. The summed E-state index contributed by atoms with van der Waals surface area (Å²) in [5.74, 6) is -0.394. The van der Waals surface area contributed by atoms with Gasteiger partial charge in [-0.1, -0.05) is 44.2 Å². The second-order valence-electron chi connectivity index (χ2n) is 6.62. The van der Waals surface area contributed by atoms with Crippen LogP contribution in [0, 0.1) is 0 Å². The molecule has 1 saturated heterocycles. The van der Waals surface area contributed by atoms with Gasteiger partial charge in [0.05, 0.1) is 0 Å². The summed E-state index contributed by atoms with van der Waals surface area (Å²) in [4.78, 5) is 16.2. The quantitative estimate of drug-likeness (QED) is 0.628. The number of likely N-dealkylation sites (N-methyl/N-ethyl adjacent to an activating group) is 1. The summed E-state index contributed by atoms with van der Waals surface area (Å²) in [6.07, 6.45) is -4.39. The summed E-state index contributed by atoms with van der Waals surface area (Å²) in [6, 6.07) is 6.91. The summed E-state index contributed by atoms with van der Waals surface area (Å²) in [7, 11) is 0. The molecule has 1 heterocycles. The van der Waals surface area contributed by atoms with Crippen molar-refractivity contribution in [1.29, 1.82) is 0 Å². The summed E-state index contributed by atoms with van der Waals surface area (Å²) in [6.45, 7) is 6.37. The van der Waals surface area contributed by atoms with Crippen LogP contribution in [0.3, 0.4) is 0 Å². The minimum absolute atomic E-state index is 0. The maximum absolute atomic E-state index is 13.5. The molecular formula is C19H31Cl2F3N4O. The van der Waals surface area contributed by atoms with Crippen LogP contribution in [0.15, 0.2) is 30.3 Å². The van der Waals surface area contributed by atoms with Crippen LogP contribution in [0.5, 0.6) is 0 Å². The minimum Gasteiger partial charge on any atom is -0.353 e. The highest BCUT2D eigenvalue weighted by Crippen LogP contribution is 2.26. The summed E-state index contributed by atoms with van der Waals surface area (Å²) in [5.41, 5.74) is 0.782. The third kappa shape index (κ3) is 7.94. The zero-order valence-electron chi connectivity index (χ0n) is 16.7. The third-order valence-electron chi connectivity index (χ3n) is 4.98. The van der Waals surface area contributed by atoms with E-state index in [0.29, 0.717) is 39.3 Å². The van der Waals surface area contributed by atoms with Crippen LogP contribution < -0.4 is 10.6 Å². The summed E-state index contributed by atoms with van der Waals surface area (Å²) in [5, 5.41) is 5.62. The molecule has 10 heteroatoms. The molecule has 1 aromatic rings. The van der Waals surface area contributed by atoms with E-state index in [2.05, 4.69) is 10.6 Å². The molecule has 0 spiro atoms. The predicted octanol–water partition coefficient (Wildman–Crippen LogP) is 2.87. The predicted molar refractivity (Wildman–Crippen MR) is 114 cm³/mol. The second kappa shape index (κ2) is 13.3. The molecular weight excluding hydrogens is 428 g/mol. The Bertz CT molecular complexity index is 583. The molecule has 0 aliphatic carbocycles. The molecule has 2 rings (SSSR count). The van der Waals surface area contributed by atoms with Gasteiger partial charge in [-0.15, -0.1) is 24.8 Å². The average molecular weight is 459 g/mol. The lowest BCUT2D eigenvalue weighted by Gasteiger charge is -2.36. The molecule has 1 aromatic carbocycles. The van der Waals surface area contributed by atoms with E-state index < -0.39 is 30.7 Å². The van der Waals surface area contributed by atoms with Gasteiger partial charge < -0.3 is 10.6 Å². The number of amides is 1. The van der Waals surface area contributed by atoms with E-state index in [9.17, 15) is 18.0 Å². The number of hydrogen-bond acceptors (Lipinski definition) is 4. The van der Waals surface area contributed by atoms with E-state index in [1.165, 1.54) is 4.90 Å². The van der Waals surface area contributed by atoms with E-state index in [1.54, 1.807) is 0 Å². The molecule has 29 heavy (non-hydrogen) atoms. The first-order valence-electron chi connectivity index (χ1n) is 9.46. The maximum atomic E-state index is 13.5. The lowest BCUT2D eigenvalue weighted by atomic mass is 10.0. The number of hydrogen-bond donors (Lipinski definition) is 2. The third-order valence-corrected chi connectivity index (χ3v) is 4.98. The van der Waals surface area contributed by atoms with Crippen molar-refractivity contribution in [2.45, 2.75) is 32.1 Å². The van der Waals surface area contributed by atoms with Crippen LogP contribution >= 0.6 is 24.8 Å². The fraction of sp³-hybridized carbons (Fsp3) is 0.632. The van der Waals surface area contributed by atoms with Gasteiger partial charge in [0.15, 0.2) is 0 Å². The van der Waals surface area contributed by atoms with Crippen molar-refractivity contribution in [3.63, 3.8) is 0 Å². The molecule has 2 atom stereocenters. The highest BCUT2D eigenvalue weighted by atomic mass is 35.5. The molecule has 168 valence electrons. The van der Waals surface area contributed by atoms with Crippen molar-refractivity contribution >= 4 is 30.7 Å². The SMILES string of the molecule is CCN(CC)C(C(=O)NCC(N1CCNCC1)C(F)(F)F)c1ccccc1.Cl.Cl. The van der Waals surface area contributed by atoms with Crippen LogP contribution in [0.1, 0.15) is 25.5 Å². The van der Waals surface area contributed by atoms with E-state index in [1.807, 2.05) is 49.1 Å². The van der Waals surface area contributed by atoms with Crippen molar-refractivity contribution in [2.24, 2.45) is 0 Å². The van der Waals surface area contributed by atoms with Gasteiger partial charge in [0.25, 0.3) is 0 Å². The maximum Gasteiger partial charge on any atom is 0.405 e. The van der Waals surface area contributed by atoms with Crippen molar-refractivity contribution in [3.8, 4) is 0 Å². The van der Waals surface area contributed by atoms with Crippen molar-refractivity contribution < 1.29 is 18.0 Å². The van der Waals surface area contributed by atoms with Crippen LogP contribution in [-0.4, -0.2) is 73.7 Å². The van der Waals surface area contributed by atoms with Crippen molar-refractivity contribution in [2.75, 3.05) is 45.8 Å². The van der Waals surface area contributed by atoms with E-state index in [-0.39, 0.29) is 24.8 Å². The summed E-state index contributed by atoms with van der Waals surface area (Å²) < 4.78 is 40.6. The van der Waals surface area contributed by atoms with Gasteiger partial charge in [0.2, 0.25) is 5.91 Å². The van der Waals surface area contributed by atoms with Crippen molar-refractivity contribution in [1.82, 2.24) is 20.4 Å². The number of nitrogens with zero attached hydrogens (tertiary/aromatic N) is 2. The Kier molecular flexibility index (Phi) is 12.8. The van der Waals surface area contributed by atoms with E-state index in [4.69, 9.17) is 0 Å². The molecule has 2 unspecified atom stereocenters. The molecule has 0 bridgehead atoms. The van der Waals surface area contributed by atoms with Gasteiger partial charge in [0, 0.05) is 32.7 Å². The first kappa shape index (κ1) is 27.9. The number of nitrogens with one attached hydrogen (secondary N) is 2. The molecule has 5 nitrogen and oxygen atoms in total. The number of carbonyl (C=O) groups excluding carboxylic acids is 1. The average Bonchev–Trinajstić information content (AvgIpc) is 2.66. The topological polar surface area (TPSA) is 47.6 Å². The van der Waals surface area contributed by atoms with Gasteiger partial charge in [-0.3, -0.25) is 14.6 Å². The molecule has 1 aliphatic rings. The van der Waals surface area contributed by atoms with Gasteiger partial charge in [-0.25, -0.2) is 0 Å². The fourth-order valence-corrected chi connectivity index (χ4v) is 3.49. The molecule has 0 aromatic heterocycles. The molecule has 1 aliphatic heterocycles. The van der Waals surface area contributed by atoms with E-state index in [0.717, 1.165) is 5.56 Å². The first-order chi connectivity index (χ1) is 12.9. The zero-order valence-corrected chi connectivity index (χ0v) is 18.4. The van der Waals surface area contributed by atoms with Gasteiger partial charge in [-0.05, 0) is 18.7 Å². The Hall–Kier alpha value is -1.06. The number of benzene rings is 1. The van der Waals surface area contributed by atoms with Gasteiger partial charge in [0.1, 0.15) is 12.1 Å². The van der Waals surface area contributed by atoms with Crippen molar-refractivity contribution in [3.05, 3.63) is 35.9 Å². The largest absolute Gasteiger partial charge is 0.405 e. The highest BCUT2D eigenvalue weighted by molar-refractivity contribution is 5.85. The number of halogens is 5. The highest BCUT2D eigenvalue weighted by Gasteiger charge is 2.44. The molecule has 2 N–H and O–H groups in total. The minimum atomic E-state index is -4.39. The smallest absolute Gasteiger partial charge is 0.353 e. The first-order valence-corrected chi connectivity index (χ1v) is 9.46. The van der Waals surface area contributed by atoms with Gasteiger partial charge >= 0.3 is 6.18 Å². The number of rotatable bonds is 8. The number of alkyl halides is 3. The Morgan fingerprint density at radius 3 is 2.17 bits per heavy atom. The normalized spacial score (nSPS) is 17.0. The number of carbonyl (C=O) groups is 1. The van der Waals surface area contributed by atoms with Crippen LogP contribution in [-0.2, 0) is 4.79 Å². The lowest BCUT2D eigenvalue weighted by molar-refractivity contribution is -0.184. The Balaban J connectivity index is 0.00000392. The zero-order chi connectivity index (χ0) is 19.9. The van der Waals surface area contributed by atoms with Crippen LogP contribution in [0.4, 0.5) is 13.2 Å². The molecule has 0 radical (unpaired) electrons. The fourth-order valence-electron chi connectivity index (χ4n) is 3.49. The van der Waals surface area contributed by atoms with Crippen LogP contribution in [0.25, 0.3) is 0 Å². The standard InChI is InChI=1S/C19H29F3N4O.2ClH/c1-3-25(4-2)17(15-8-6-5-7-9-15)18(27)24-14-16(19(20,21)22)26-12-10-23-11-13-26;;/h5-9,16-17,23H,3-4,10-14H2,1-2H3,(H,24,27);2*1H. The molecule has 1 fully saturated rings. The monoisotopic (exact) mass is 458 g/mol.